The Morgan fingerprint density at radius 1 is 1.27 bits per heavy atom. The number of amides is 1. The average Bonchev–Trinajstić information content (AvgIpc) is 2.90. The predicted molar refractivity (Wildman–Crippen MR) is 88.0 cm³/mol. The summed E-state index contributed by atoms with van der Waals surface area (Å²) in [6.07, 6.45) is 4.49. The van der Waals surface area contributed by atoms with Crippen molar-refractivity contribution >= 4 is 22.2 Å². The fourth-order valence-electron chi connectivity index (χ4n) is 2.78. The van der Waals surface area contributed by atoms with E-state index in [9.17, 15) is 10.1 Å². The van der Waals surface area contributed by atoms with Crippen molar-refractivity contribution in [3.63, 3.8) is 0 Å². The predicted octanol–water partition coefficient (Wildman–Crippen LogP) is 3.21. The van der Waals surface area contributed by atoms with E-state index >= 15 is 0 Å². The second-order valence-corrected chi connectivity index (χ2v) is 6.55. The Hall–Kier alpha value is -2.32. The molecule has 112 valence electrons. The summed E-state index contributed by atoms with van der Waals surface area (Å²) in [5, 5.41) is 13.8. The Balaban J connectivity index is 1.75. The molecule has 4 nitrogen and oxygen atoms in total. The van der Waals surface area contributed by atoms with Crippen molar-refractivity contribution < 1.29 is 4.79 Å². The van der Waals surface area contributed by atoms with Crippen LogP contribution in [0.25, 0.3) is 0 Å². The van der Waals surface area contributed by atoms with E-state index in [1.807, 2.05) is 12.1 Å². The SMILES string of the molecule is N#Cc1c(NCc2ccc(C(N)=O)cc2)sc2c1CCCC2. The van der Waals surface area contributed by atoms with Crippen molar-refractivity contribution in [1.82, 2.24) is 0 Å². The van der Waals surface area contributed by atoms with E-state index in [2.05, 4.69) is 11.4 Å². The van der Waals surface area contributed by atoms with Crippen LogP contribution in [0.4, 0.5) is 5.00 Å². The van der Waals surface area contributed by atoms with Crippen LogP contribution in [0.15, 0.2) is 24.3 Å². The number of nitrogens with one attached hydrogen (secondary N) is 1. The first-order valence-corrected chi connectivity index (χ1v) is 8.18. The minimum absolute atomic E-state index is 0.419. The average molecular weight is 311 g/mol. The zero-order chi connectivity index (χ0) is 15.5. The molecule has 3 N–H and O–H groups in total. The van der Waals surface area contributed by atoms with E-state index in [0.717, 1.165) is 29.0 Å². The molecule has 1 aromatic heterocycles. The van der Waals surface area contributed by atoms with Crippen molar-refractivity contribution in [2.24, 2.45) is 5.73 Å². The molecule has 2 aromatic rings. The summed E-state index contributed by atoms with van der Waals surface area (Å²) < 4.78 is 0. The molecule has 1 heterocycles. The second kappa shape index (κ2) is 6.20. The molecule has 0 saturated heterocycles. The fraction of sp³-hybridized carbons (Fsp3) is 0.294. The standard InChI is InChI=1S/C17H17N3OS/c18-9-14-13-3-1-2-4-15(13)22-17(14)20-10-11-5-7-12(8-6-11)16(19)21/h5-8,20H,1-4,10H2,(H2,19,21). The molecule has 5 heteroatoms. The Morgan fingerprint density at radius 3 is 2.68 bits per heavy atom. The third kappa shape index (κ3) is 2.83. The van der Waals surface area contributed by atoms with Gasteiger partial charge < -0.3 is 11.1 Å². The van der Waals surface area contributed by atoms with Gasteiger partial charge in [-0.25, -0.2) is 0 Å². The molecule has 1 amide bonds. The fourth-order valence-corrected chi connectivity index (χ4v) is 4.01. The highest BCUT2D eigenvalue weighted by Crippen LogP contribution is 2.37. The van der Waals surface area contributed by atoms with Crippen LogP contribution in [0.3, 0.4) is 0 Å². The number of hydrogen-bond donors (Lipinski definition) is 2. The topological polar surface area (TPSA) is 78.9 Å². The smallest absolute Gasteiger partial charge is 0.248 e. The van der Waals surface area contributed by atoms with Crippen LogP contribution in [0, 0.1) is 11.3 Å². The highest BCUT2D eigenvalue weighted by molar-refractivity contribution is 7.16. The monoisotopic (exact) mass is 311 g/mol. The number of fused-ring (bicyclic) bond motifs is 1. The lowest BCUT2D eigenvalue weighted by atomic mass is 9.96. The van der Waals surface area contributed by atoms with Gasteiger partial charge in [-0.05, 0) is 48.9 Å². The molecule has 0 atom stereocenters. The number of anilines is 1. The molecule has 0 radical (unpaired) electrons. The maximum atomic E-state index is 11.1. The van der Waals surface area contributed by atoms with Crippen molar-refractivity contribution in [1.29, 1.82) is 5.26 Å². The quantitative estimate of drug-likeness (QED) is 0.910. The summed E-state index contributed by atoms with van der Waals surface area (Å²) >= 11 is 1.71. The highest BCUT2D eigenvalue weighted by atomic mass is 32.1. The molecule has 0 unspecified atom stereocenters. The number of thiophene rings is 1. The summed E-state index contributed by atoms with van der Waals surface area (Å²) in [5.74, 6) is -0.419. The largest absolute Gasteiger partial charge is 0.372 e. The molecule has 0 saturated carbocycles. The lowest BCUT2D eigenvalue weighted by Crippen LogP contribution is -2.10. The van der Waals surface area contributed by atoms with Gasteiger partial charge in [0.25, 0.3) is 0 Å². The summed E-state index contributed by atoms with van der Waals surface area (Å²) in [4.78, 5) is 12.4. The van der Waals surface area contributed by atoms with Crippen LogP contribution < -0.4 is 11.1 Å². The first kappa shape index (κ1) is 14.6. The maximum absolute atomic E-state index is 11.1. The summed E-state index contributed by atoms with van der Waals surface area (Å²) in [6.45, 7) is 0.632. The lowest BCUT2D eigenvalue weighted by Gasteiger charge is -2.09. The number of nitrogens with zero attached hydrogens (tertiary/aromatic N) is 1. The molecule has 0 aliphatic heterocycles. The molecule has 0 fully saturated rings. The van der Waals surface area contributed by atoms with Gasteiger partial charge in [-0.1, -0.05) is 12.1 Å². The van der Waals surface area contributed by atoms with Gasteiger partial charge in [0.15, 0.2) is 0 Å². The van der Waals surface area contributed by atoms with Crippen LogP contribution >= 0.6 is 11.3 Å². The molecule has 3 rings (SSSR count). The molecule has 22 heavy (non-hydrogen) atoms. The van der Waals surface area contributed by atoms with E-state index in [1.54, 1.807) is 23.5 Å². The number of hydrogen-bond acceptors (Lipinski definition) is 4. The number of carbonyl (C=O) groups is 1. The molecule has 0 bridgehead atoms. The number of benzene rings is 1. The molecule has 1 aromatic carbocycles. The third-order valence-electron chi connectivity index (χ3n) is 3.97. The van der Waals surface area contributed by atoms with Gasteiger partial charge in [0.1, 0.15) is 11.1 Å². The van der Waals surface area contributed by atoms with Gasteiger partial charge in [0, 0.05) is 17.0 Å². The normalized spacial score (nSPS) is 13.2. The number of nitrogens with two attached hydrogens (primary N) is 1. The van der Waals surface area contributed by atoms with Gasteiger partial charge in [-0.2, -0.15) is 5.26 Å². The van der Waals surface area contributed by atoms with Crippen molar-refractivity contribution in [2.45, 2.75) is 32.2 Å². The number of aryl methyl sites for hydroxylation is 1. The Labute approximate surface area is 133 Å². The van der Waals surface area contributed by atoms with Gasteiger partial charge in [-0.3, -0.25) is 4.79 Å². The maximum Gasteiger partial charge on any atom is 0.248 e. The van der Waals surface area contributed by atoms with Crippen LogP contribution in [0.2, 0.25) is 0 Å². The van der Waals surface area contributed by atoms with Crippen molar-refractivity contribution in [3.05, 3.63) is 51.4 Å². The molecule has 0 spiro atoms. The Morgan fingerprint density at radius 2 is 2.00 bits per heavy atom. The lowest BCUT2D eigenvalue weighted by molar-refractivity contribution is 0.100. The summed E-state index contributed by atoms with van der Waals surface area (Å²) in [5.41, 5.74) is 8.85. The number of primary amides is 1. The number of nitriles is 1. The minimum Gasteiger partial charge on any atom is -0.372 e. The van der Waals surface area contributed by atoms with E-state index in [1.165, 1.54) is 23.3 Å². The second-order valence-electron chi connectivity index (χ2n) is 5.44. The van der Waals surface area contributed by atoms with Crippen molar-refractivity contribution in [2.75, 3.05) is 5.32 Å². The van der Waals surface area contributed by atoms with E-state index < -0.39 is 5.91 Å². The van der Waals surface area contributed by atoms with Crippen molar-refractivity contribution in [3.8, 4) is 6.07 Å². The van der Waals surface area contributed by atoms with Gasteiger partial charge in [0.2, 0.25) is 5.91 Å². The first-order valence-electron chi connectivity index (χ1n) is 7.36. The van der Waals surface area contributed by atoms with Gasteiger partial charge >= 0.3 is 0 Å². The molecule has 1 aliphatic carbocycles. The van der Waals surface area contributed by atoms with Crippen LogP contribution in [0.5, 0.6) is 0 Å². The van der Waals surface area contributed by atoms with Gasteiger partial charge in [-0.15, -0.1) is 11.3 Å². The Kier molecular flexibility index (Phi) is 4.12. The number of rotatable bonds is 4. The van der Waals surface area contributed by atoms with E-state index in [4.69, 9.17) is 5.73 Å². The molecular formula is C17H17N3OS. The highest BCUT2D eigenvalue weighted by Gasteiger charge is 2.20. The van der Waals surface area contributed by atoms with E-state index in [-0.39, 0.29) is 0 Å². The van der Waals surface area contributed by atoms with Crippen LogP contribution in [-0.2, 0) is 19.4 Å². The molecule has 1 aliphatic rings. The van der Waals surface area contributed by atoms with E-state index in [0.29, 0.717) is 12.1 Å². The minimum atomic E-state index is -0.419. The third-order valence-corrected chi connectivity index (χ3v) is 5.22. The van der Waals surface area contributed by atoms with Crippen LogP contribution in [0.1, 0.15) is 44.8 Å². The van der Waals surface area contributed by atoms with Crippen LogP contribution in [-0.4, -0.2) is 5.91 Å². The molecular weight excluding hydrogens is 294 g/mol. The zero-order valence-electron chi connectivity index (χ0n) is 12.2. The number of carbonyl (C=O) groups excluding carboxylic acids is 1. The van der Waals surface area contributed by atoms with Gasteiger partial charge in [0.05, 0.1) is 5.56 Å². The Bertz CT molecular complexity index is 740. The summed E-state index contributed by atoms with van der Waals surface area (Å²) in [7, 11) is 0. The first-order chi connectivity index (χ1) is 10.7. The zero-order valence-corrected chi connectivity index (χ0v) is 13.0. The summed E-state index contributed by atoms with van der Waals surface area (Å²) in [6, 6.07) is 9.57.